The van der Waals surface area contributed by atoms with Gasteiger partial charge in [-0.3, -0.25) is 14.4 Å². The Morgan fingerprint density at radius 1 is 1.09 bits per heavy atom. The topological polar surface area (TPSA) is 125 Å². The van der Waals surface area contributed by atoms with Gasteiger partial charge in [0.1, 0.15) is 5.75 Å². The first kappa shape index (κ1) is 22.1. The Kier molecular flexibility index (Phi) is 5.88. The lowest BCUT2D eigenvalue weighted by Gasteiger charge is -2.18. The number of nitrogens with one attached hydrogen (secondary N) is 4. The molecule has 176 valence electrons. The Labute approximate surface area is 200 Å². The van der Waals surface area contributed by atoms with Gasteiger partial charge in [-0.05, 0) is 42.3 Å². The molecular formula is C26H23N5O4. The lowest BCUT2D eigenvalue weighted by Crippen LogP contribution is -2.28. The van der Waals surface area contributed by atoms with Crippen LogP contribution in [0.1, 0.15) is 34.7 Å². The number of aromatic amines is 1. The molecule has 1 aliphatic rings. The van der Waals surface area contributed by atoms with E-state index in [0.717, 1.165) is 11.1 Å². The van der Waals surface area contributed by atoms with Crippen LogP contribution in [0, 0.1) is 0 Å². The molecule has 0 bridgehead atoms. The first-order valence-electron chi connectivity index (χ1n) is 11.2. The van der Waals surface area contributed by atoms with E-state index in [4.69, 9.17) is 4.74 Å². The highest BCUT2D eigenvalue weighted by molar-refractivity contribution is 5.96. The van der Waals surface area contributed by atoms with E-state index in [0.29, 0.717) is 28.0 Å². The third-order valence-electron chi connectivity index (χ3n) is 5.75. The SMILES string of the molecule is C[C@@H](Nc1cccc2nc(C(=O)NCc3ccc4c(c3)NC(=O)CO4)[nH]c(=O)c12)c1ccccc1. The van der Waals surface area contributed by atoms with Crippen molar-refractivity contribution < 1.29 is 14.3 Å². The van der Waals surface area contributed by atoms with Crippen molar-refractivity contribution in [1.82, 2.24) is 15.3 Å². The van der Waals surface area contributed by atoms with E-state index in [1.165, 1.54) is 0 Å². The Balaban J connectivity index is 1.34. The predicted octanol–water partition coefficient (Wildman–Crippen LogP) is 3.36. The highest BCUT2D eigenvalue weighted by atomic mass is 16.5. The minimum atomic E-state index is -0.516. The molecular weight excluding hydrogens is 446 g/mol. The third-order valence-corrected chi connectivity index (χ3v) is 5.75. The molecule has 5 rings (SSSR count). The summed E-state index contributed by atoms with van der Waals surface area (Å²) in [6, 6.07) is 20.4. The van der Waals surface area contributed by atoms with Gasteiger partial charge in [0.25, 0.3) is 17.4 Å². The number of aromatic nitrogens is 2. The van der Waals surface area contributed by atoms with Gasteiger partial charge in [-0.2, -0.15) is 0 Å². The van der Waals surface area contributed by atoms with Crippen molar-refractivity contribution in [1.29, 1.82) is 0 Å². The zero-order valence-electron chi connectivity index (χ0n) is 18.9. The summed E-state index contributed by atoms with van der Waals surface area (Å²) in [5, 5.41) is 9.24. The summed E-state index contributed by atoms with van der Waals surface area (Å²) in [7, 11) is 0. The molecule has 9 nitrogen and oxygen atoms in total. The molecule has 1 atom stereocenters. The molecule has 1 aliphatic heterocycles. The molecule has 1 aromatic heterocycles. The van der Waals surface area contributed by atoms with Gasteiger partial charge in [0.05, 0.1) is 16.6 Å². The van der Waals surface area contributed by atoms with Crippen LogP contribution in [-0.4, -0.2) is 28.4 Å². The molecule has 0 radical (unpaired) electrons. The predicted molar refractivity (Wildman–Crippen MR) is 133 cm³/mol. The number of benzene rings is 3. The van der Waals surface area contributed by atoms with Crippen molar-refractivity contribution in [3.63, 3.8) is 0 Å². The van der Waals surface area contributed by atoms with Gasteiger partial charge in [0.15, 0.2) is 12.4 Å². The van der Waals surface area contributed by atoms with Crippen LogP contribution in [0.4, 0.5) is 11.4 Å². The van der Waals surface area contributed by atoms with Crippen LogP contribution in [0.2, 0.25) is 0 Å². The summed E-state index contributed by atoms with van der Waals surface area (Å²) in [6.07, 6.45) is 0. The minimum absolute atomic E-state index is 0.0213. The summed E-state index contributed by atoms with van der Waals surface area (Å²) < 4.78 is 5.34. The maximum Gasteiger partial charge on any atom is 0.287 e. The lowest BCUT2D eigenvalue weighted by molar-refractivity contribution is -0.118. The number of amides is 2. The normalized spacial score (nSPS) is 13.3. The van der Waals surface area contributed by atoms with E-state index in [1.807, 2.05) is 43.3 Å². The molecule has 0 aliphatic carbocycles. The standard InChI is InChI=1S/C26H23N5O4/c1-15(17-6-3-2-4-7-17)28-18-8-5-9-19-23(18)25(33)31-24(30-19)26(34)27-13-16-10-11-21-20(12-16)29-22(32)14-35-21/h2-12,15,28H,13-14H2,1H3,(H,27,34)(H,29,32)(H,30,31,33)/t15-/m1/s1. The second-order valence-corrected chi connectivity index (χ2v) is 8.24. The number of anilines is 2. The van der Waals surface area contributed by atoms with Gasteiger partial charge in [-0.15, -0.1) is 0 Å². The number of fused-ring (bicyclic) bond motifs is 2. The number of hydrogen-bond acceptors (Lipinski definition) is 6. The van der Waals surface area contributed by atoms with Crippen molar-refractivity contribution >= 4 is 34.1 Å². The van der Waals surface area contributed by atoms with Crippen LogP contribution in [0.25, 0.3) is 10.9 Å². The van der Waals surface area contributed by atoms with Gasteiger partial charge < -0.3 is 25.7 Å². The highest BCUT2D eigenvalue weighted by Gasteiger charge is 2.18. The number of nitrogens with zero attached hydrogens (tertiary/aromatic N) is 1. The summed E-state index contributed by atoms with van der Waals surface area (Å²) in [5.74, 6) is -0.252. The molecule has 4 aromatic rings. The Morgan fingerprint density at radius 2 is 1.91 bits per heavy atom. The molecule has 0 fully saturated rings. The summed E-state index contributed by atoms with van der Waals surface area (Å²) in [5.41, 5.74) is 3.04. The van der Waals surface area contributed by atoms with Crippen LogP contribution in [0.15, 0.2) is 71.5 Å². The van der Waals surface area contributed by atoms with Gasteiger partial charge in [-0.25, -0.2) is 4.98 Å². The van der Waals surface area contributed by atoms with Crippen LogP contribution in [0.3, 0.4) is 0 Å². The van der Waals surface area contributed by atoms with Gasteiger partial charge in [-0.1, -0.05) is 42.5 Å². The molecule has 2 heterocycles. The van der Waals surface area contributed by atoms with E-state index in [1.54, 1.807) is 30.3 Å². The molecule has 0 spiro atoms. The summed E-state index contributed by atoms with van der Waals surface area (Å²) >= 11 is 0. The van der Waals surface area contributed by atoms with Crippen molar-refractivity contribution in [2.45, 2.75) is 19.5 Å². The zero-order valence-corrected chi connectivity index (χ0v) is 18.9. The highest BCUT2D eigenvalue weighted by Crippen LogP contribution is 2.28. The summed E-state index contributed by atoms with van der Waals surface area (Å²) in [4.78, 5) is 44.2. The fourth-order valence-corrected chi connectivity index (χ4v) is 3.98. The van der Waals surface area contributed by atoms with Crippen LogP contribution >= 0.6 is 0 Å². The smallest absolute Gasteiger partial charge is 0.287 e. The van der Waals surface area contributed by atoms with Crippen LogP contribution < -0.4 is 26.2 Å². The van der Waals surface area contributed by atoms with Crippen molar-refractivity contribution in [2.75, 3.05) is 17.2 Å². The number of H-pyrrole nitrogens is 1. The molecule has 0 unspecified atom stereocenters. The number of carbonyl (C=O) groups excluding carboxylic acids is 2. The fourth-order valence-electron chi connectivity index (χ4n) is 3.98. The van der Waals surface area contributed by atoms with Crippen molar-refractivity contribution in [3.8, 4) is 5.75 Å². The quantitative estimate of drug-likeness (QED) is 0.343. The van der Waals surface area contributed by atoms with E-state index in [9.17, 15) is 14.4 Å². The molecule has 4 N–H and O–H groups in total. The minimum Gasteiger partial charge on any atom is -0.482 e. The number of rotatable bonds is 6. The Hall–Kier alpha value is -4.66. The monoisotopic (exact) mass is 469 g/mol. The average molecular weight is 470 g/mol. The Bertz CT molecular complexity index is 1480. The molecule has 0 saturated heterocycles. The maximum absolute atomic E-state index is 12.9. The van der Waals surface area contributed by atoms with Crippen molar-refractivity contribution in [3.05, 3.63) is 94.0 Å². The van der Waals surface area contributed by atoms with Gasteiger partial charge in [0.2, 0.25) is 0 Å². The first-order chi connectivity index (χ1) is 17.0. The van der Waals surface area contributed by atoms with Gasteiger partial charge >= 0.3 is 0 Å². The number of hydrogen-bond donors (Lipinski definition) is 4. The first-order valence-corrected chi connectivity index (χ1v) is 11.2. The number of ether oxygens (including phenoxy) is 1. The van der Waals surface area contributed by atoms with Crippen LogP contribution in [-0.2, 0) is 11.3 Å². The largest absolute Gasteiger partial charge is 0.482 e. The second-order valence-electron chi connectivity index (χ2n) is 8.24. The third kappa shape index (κ3) is 4.70. The average Bonchev–Trinajstić information content (AvgIpc) is 2.87. The molecule has 2 amide bonds. The molecule has 9 heteroatoms. The van der Waals surface area contributed by atoms with E-state index >= 15 is 0 Å². The van der Waals surface area contributed by atoms with E-state index in [2.05, 4.69) is 25.9 Å². The Morgan fingerprint density at radius 3 is 2.74 bits per heavy atom. The molecule has 3 aromatic carbocycles. The fraction of sp³-hybridized carbons (Fsp3) is 0.154. The van der Waals surface area contributed by atoms with E-state index < -0.39 is 11.5 Å². The molecule has 35 heavy (non-hydrogen) atoms. The number of carbonyl (C=O) groups is 2. The summed E-state index contributed by atoms with van der Waals surface area (Å²) in [6.45, 7) is 2.17. The van der Waals surface area contributed by atoms with Crippen molar-refractivity contribution in [2.24, 2.45) is 0 Å². The van der Waals surface area contributed by atoms with Gasteiger partial charge in [0, 0.05) is 18.3 Å². The van der Waals surface area contributed by atoms with E-state index in [-0.39, 0.29) is 30.9 Å². The zero-order chi connectivity index (χ0) is 24.4. The van der Waals surface area contributed by atoms with Crippen LogP contribution in [0.5, 0.6) is 5.75 Å². The second kappa shape index (κ2) is 9.30. The lowest BCUT2D eigenvalue weighted by atomic mass is 10.1. The maximum atomic E-state index is 12.9. The molecule has 0 saturated carbocycles.